The molecule has 1 N–H and O–H groups in total. The van der Waals surface area contributed by atoms with Gasteiger partial charge in [0.25, 0.3) is 6.01 Å². The molecule has 1 heterocycles. The van der Waals surface area contributed by atoms with E-state index in [0.717, 1.165) is 49.0 Å². The van der Waals surface area contributed by atoms with Crippen molar-refractivity contribution in [1.82, 2.24) is 4.98 Å². The molecular formula is C23H23ClN2O2. The Labute approximate surface area is 169 Å². The summed E-state index contributed by atoms with van der Waals surface area (Å²) in [6.45, 7) is 0. The first-order chi connectivity index (χ1) is 13.7. The fourth-order valence-corrected chi connectivity index (χ4v) is 4.13. The minimum Gasteiger partial charge on any atom is -0.423 e. The Bertz CT molecular complexity index is 928. The Morgan fingerprint density at radius 2 is 1.89 bits per heavy atom. The minimum absolute atomic E-state index is 0.440. The number of halogens is 1. The normalized spacial score (nSPS) is 19.3. The summed E-state index contributed by atoms with van der Waals surface area (Å²) in [4.78, 5) is 15.0. The van der Waals surface area contributed by atoms with Gasteiger partial charge in [0, 0.05) is 22.7 Å². The van der Waals surface area contributed by atoms with Gasteiger partial charge in [-0.25, -0.2) is 4.98 Å². The van der Waals surface area contributed by atoms with Crippen molar-refractivity contribution < 1.29 is 9.21 Å². The zero-order valence-corrected chi connectivity index (χ0v) is 16.4. The summed E-state index contributed by atoms with van der Waals surface area (Å²) in [5, 5.41) is 3.79. The molecule has 2 aromatic carbocycles. The van der Waals surface area contributed by atoms with Gasteiger partial charge in [-0.15, -0.1) is 0 Å². The number of aldehydes is 1. The summed E-state index contributed by atoms with van der Waals surface area (Å²) in [5.41, 5.74) is 3.21. The highest BCUT2D eigenvalue weighted by atomic mass is 35.5. The molecule has 0 amide bonds. The summed E-state index contributed by atoms with van der Waals surface area (Å²) in [7, 11) is 0. The lowest BCUT2D eigenvalue weighted by molar-refractivity contribution is -0.108. The fourth-order valence-electron chi connectivity index (χ4n) is 3.94. The largest absolute Gasteiger partial charge is 0.423 e. The molecule has 3 aromatic rings. The Hall–Kier alpha value is -2.59. The van der Waals surface area contributed by atoms with E-state index in [0.29, 0.717) is 29.3 Å². The maximum absolute atomic E-state index is 10.7. The number of carbonyl (C=O) groups excluding carboxylic acids is 1. The van der Waals surface area contributed by atoms with Crippen LogP contribution in [0.2, 0.25) is 5.02 Å². The molecule has 0 atom stereocenters. The van der Waals surface area contributed by atoms with Crippen LogP contribution in [0, 0.1) is 5.92 Å². The third-order valence-corrected chi connectivity index (χ3v) is 5.76. The van der Waals surface area contributed by atoms with Gasteiger partial charge in [-0.2, -0.15) is 0 Å². The third-order valence-electron chi connectivity index (χ3n) is 5.52. The number of carbonyl (C=O) groups is 1. The van der Waals surface area contributed by atoms with Gasteiger partial charge in [-0.1, -0.05) is 41.9 Å². The third kappa shape index (κ3) is 4.45. The van der Waals surface area contributed by atoms with Gasteiger partial charge < -0.3 is 14.5 Å². The monoisotopic (exact) mass is 394 g/mol. The molecule has 4 rings (SSSR count). The number of aromatic nitrogens is 1. The highest BCUT2D eigenvalue weighted by Crippen LogP contribution is 2.37. The highest BCUT2D eigenvalue weighted by molar-refractivity contribution is 6.30. The topological polar surface area (TPSA) is 55.1 Å². The lowest BCUT2D eigenvalue weighted by Crippen LogP contribution is -2.13. The Morgan fingerprint density at radius 3 is 2.61 bits per heavy atom. The van der Waals surface area contributed by atoms with E-state index in [2.05, 4.69) is 34.6 Å². The summed E-state index contributed by atoms with van der Waals surface area (Å²) in [6.07, 6.45) is 8.11. The van der Waals surface area contributed by atoms with E-state index in [1.165, 1.54) is 5.56 Å². The molecule has 0 unspecified atom stereocenters. The molecular weight excluding hydrogens is 372 g/mol. The van der Waals surface area contributed by atoms with Crippen LogP contribution >= 0.6 is 11.6 Å². The molecule has 144 valence electrons. The van der Waals surface area contributed by atoms with E-state index in [4.69, 9.17) is 16.0 Å². The number of anilines is 2. The van der Waals surface area contributed by atoms with Gasteiger partial charge in [0.2, 0.25) is 0 Å². The molecule has 1 aliphatic carbocycles. The number of hydrogen-bond acceptors (Lipinski definition) is 4. The van der Waals surface area contributed by atoms with Gasteiger partial charge >= 0.3 is 0 Å². The van der Waals surface area contributed by atoms with Crippen LogP contribution < -0.4 is 5.32 Å². The molecule has 1 saturated carbocycles. The molecule has 1 fully saturated rings. The first-order valence-corrected chi connectivity index (χ1v) is 10.1. The maximum Gasteiger partial charge on any atom is 0.299 e. The van der Waals surface area contributed by atoms with E-state index in [1.807, 2.05) is 24.3 Å². The van der Waals surface area contributed by atoms with Crippen molar-refractivity contribution >= 4 is 29.6 Å². The number of hydrogen-bond donors (Lipinski definition) is 1. The predicted octanol–water partition coefficient (Wildman–Crippen LogP) is 6.60. The van der Waals surface area contributed by atoms with E-state index in [-0.39, 0.29) is 0 Å². The first-order valence-electron chi connectivity index (χ1n) is 9.73. The second kappa shape index (κ2) is 8.61. The quantitative estimate of drug-likeness (QED) is 0.478. The van der Waals surface area contributed by atoms with Gasteiger partial charge in [0.05, 0.1) is 6.20 Å². The molecule has 5 heteroatoms. The van der Waals surface area contributed by atoms with Gasteiger partial charge in [0.15, 0.2) is 5.76 Å². The lowest BCUT2D eigenvalue weighted by Gasteiger charge is -2.27. The fraction of sp³-hybridized carbons (Fsp3) is 0.304. The Kier molecular flexibility index (Phi) is 5.77. The van der Waals surface area contributed by atoms with Crippen molar-refractivity contribution in [2.45, 2.75) is 38.0 Å². The van der Waals surface area contributed by atoms with Crippen molar-refractivity contribution in [1.29, 1.82) is 0 Å². The van der Waals surface area contributed by atoms with Crippen molar-refractivity contribution in [3.8, 4) is 11.3 Å². The van der Waals surface area contributed by atoms with Crippen LogP contribution in [0.25, 0.3) is 11.3 Å². The first kappa shape index (κ1) is 18.8. The van der Waals surface area contributed by atoms with Gasteiger partial charge in [-0.05, 0) is 61.3 Å². The van der Waals surface area contributed by atoms with Crippen molar-refractivity contribution in [2.75, 3.05) is 5.32 Å². The summed E-state index contributed by atoms with van der Waals surface area (Å²) in [5.74, 6) is 1.89. The minimum atomic E-state index is 0.440. The molecule has 0 aliphatic heterocycles. The van der Waals surface area contributed by atoms with Gasteiger partial charge in [0.1, 0.15) is 6.29 Å². The molecule has 4 nitrogen and oxygen atoms in total. The lowest BCUT2D eigenvalue weighted by atomic mass is 9.77. The molecule has 0 bridgehead atoms. The summed E-state index contributed by atoms with van der Waals surface area (Å²) < 4.78 is 5.84. The molecule has 1 aliphatic rings. The highest BCUT2D eigenvalue weighted by Gasteiger charge is 2.22. The summed E-state index contributed by atoms with van der Waals surface area (Å²) >= 11 is 6.01. The van der Waals surface area contributed by atoms with Crippen LogP contribution in [0.15, 0.2) is 59.1 Å². The summed E-state index contributed by atoms with van der Waals surface area (Å²) in [6, 6.07) is 16.4. The second-order valence-corrected chi connectivity index (χ2v) is 7.84. The van der Waals surface area contributed by atoms with Crippen LogP contribution in [-0.2, 0) is 4.79 Å². The zero-order chi connectivity index (χ0) is 19.3. The number of nitrogens with zero attached hydrogens (tertiary/aromatic N) is 1. The standard InChI is InChI=1S/C23H23ClN2O2/c24-20-2-1-3-21(14-20)26-23-25-15-22(28-23)19-10-8-18(9-11-19)17-6-4-16(5-7-17)12-13-27/h1-3,8-11,13-17H,4-7,12H2,(H,25,26). The number of benzene rings is 2. The van der Waals surface area contributed by atoms with E-state index < -0.39 is 0 Å². The maximum atomic E-state index is 10.7. The smallest absolute Gasteiger partial charge is 0.299 e. The van der Waals surface area contributed by atoms with Crippen molar-refractivity contribution in [2.24, 2.45) is 5.92 Å². The number of oxazole rings is 1. The van der Waals surface area contributed by atoms with Crippen LogP contribution in [0.5, 0.6) is 0 Å². The number of nitrogens with one attached hydrogen (secondary N) is 1. The molecule has 0 spiro atoms. The van der Waals surface area contributed by atoms with Crippen molar-refractivity contribution in [3.05, 3.63) is 65.3 Å². The molecule has 0 radical (unpaired) electrons. The van der Waals surface area contributed by atoms with Crippen molar-refractivity contribution in [3.63, 3.8) is 0 Å². The molecule has 0 saturated heterocycles. The SMILES string of the molecule is O=CCC1CCC(c2ccc(-c3cnc(Nc4cccc(Cl)c4)o3)cc2)CC1. The van der Waals surface area contributed by atoms with Crippen LogP contribution in [0.1, 0.15) is 43.6 Å². The number of rotatable bonds is 6. The van der Waals surface area contributed by atoms with E-state index in [9.17, 15) is 4.79 Å². The Balaban J connectivity index is 1.40. The second-order valence-electron chi connectivity index (χ2n) is 7.41. The van der Waals surface area contributed by atoms with E-state index in [1.54, 1.807) is 6.20 Å². The Morgan fingerprint density at radius 1 is 1.11 bits per heavy atom. The van der Waals surface area contributed by atoms with Crippen LogP contribution in [0.4, 0.5) is 11.7 Å². The molecule has 28 heavy (non-hydrogen) atoms. The average molecular weight is 395 g/mol. The average Bonchev–Trinajstić information content (AvgIpc) is 3.17. The molecule has 1 aromatic heterocycles. The van der Waals surface area contributed by atoms with Gasteiger partial charge in [-0.3, -0.25) is 0 Å². The predicted molar refractivity (Wildman–Crippen MR) is 112 cm³/mol. The van der Waals surface area contributed by atoms with E-state index >= 15 is 0 Å². The van der Waals surface area contributed by atoms with Crippen LogP contribution in [0.3, 0.4) is 0 Å². The van der Waals surface area contributed by atoms with Crippen LogP contribution in [-0.4, -0.2) is 11.3 Å². The zero-order valence-electron chi connectivity index (χ0n) is 15.6.